The first-order valence-corrected chi connectivity index (χ1v) is 10.8. The summed E-state index contributed by atoms with van der Waals surface area (Å²) in [6.07, 6.45) is 0. The highest BCUT2D eigenvalue weighted by atomic mass is 35.5. The van der Waals surface area contributed by atoms with Crippen LogP contribution >= 0.6 is 23.4 Å². The average molecular weight is 411 g/mol. The van der Waals surface area contributed by atoms with Crippen LogP contribution in [0.2, 0.25) is 5.02 Å². The Morgan fingerprint density at radius 3 is 2.65 bits per heavy atom. The van der Waals surface area contributed by atoms with Crippen molar-refractivity contribution in [3.05, 3.63) is 47.0 Å². The molecule has 138 valence electrons. The number of benzene rings is 2. The Balaban J connectivity index is 1.98. The number of halogens is 1. The lowest BCUT2D eigenvalue weighted by atomic mass is 10.2. The van der Waals surface area contributed by atoms with Crippen LogP contribution in [0.1, 0.15) is 19.4 Å². The van der Waals surface area contributed by atoms with Gasteiger partial charge in [0.15, 0.2) is 0 Å². The molecular weight excluding hydrogens is 392 g/mol. The number of hydrogen-bond donors (Lipinski definition) is 1. The van der Waals surface area contributed by atoms with Gasteiger partial charge in [0, 0.05) is 23.6 Å². The van der Waals surface area contributed by atoms with Gasteiger partial charge in [0.25, 0.3) is 10.0 Å². The molecule has 3 rings (SSSR count). The van der Waals surface area contributed by atoms with Crippen LogP contribution in [-0.2, 0) is 14.8 Å². The number of carbonyl (C=O) groups excluding carboxylic acids is 1. The van der Waals surface area contributed by atoms with Crippen molar-refractivity contribution in [2.45, 2.75) is 35.8 Å². The van der Waals surface area contributed by atoms with Gasteiger partial charge in [-0.25, -0.2) is 8.42 Å². The number of nitrogens with zero attached hydrogens (tertiary/aromatic N) is 1. The molecule has 8 heteroatoms. The lowest BCUT2D eigenvalue weighted by Crippen LogP contribution is -2.37. The van der Waals surface area contributed by atoms with E-state index < -0.39 is 10.0 Å². The standard InChI is InChI=1S/C18H19ClN2O3S2/c1-11-4-6-16(15(19)8-11)20-26(23,24)14-5-7-18-17(9-14)21(13(3)22)10-12(2)25-18/h4-9,12,20H,10H2,1-3H3/t12-/m1/s1. The minimum Gasteiger partial charge on any atom is -0.310 e. The third-order valence-electron chi connectivity index (χ3n) is 4.05. The first kappa shape index (κ1) is 19.1. The van der Waals surface area contributed by atoms with Crippen molar-refractivity contribution in [2.24, 2.45) is 0 Å². The predicted octanol–water partition coefficient (Wildman–Crippen LogP) is 4.30. The van der Waals surface area contributed by atoms with E-state index in [1.54, 1.807) is 53.1 Å². The van der Waals surface area contributed by atoms with Crippen molar-refractivity contribution in [1.82, 2.24) is 0 Å². The van der Waals surface area contributed by atoms with Gasteiger partial charge in [-0.1, -0.05) is 24.6 Å². The maximum Gasteiger partial charge on any atom is 0.262 e. The Morgan fingerprint density at radius 2 is 2.00 bits per heavy atom. The molecule has 0 unspecified atom stereocenters. The molecule has 1 N–H and O–H groups in total. The average Bonchev–Trinajstić information content (AvgIpc) is 2.56. The van der Waals surface area contributed by atoms with Crippen LogP contribution in [0.4, 0.5) is 11.4 Å². The summed E-state index contributed by atoms with van der Waals surface area (Å²) in [5.41, 5.74) is 1.88. The number of rotatable bonds is 3. The summed E-state index contributed by atoms with van der Waals surface area (Å²) in [4.78, 5) is 14.6. The molecule has 26 heavy (non-hydrogen) atoms. The molecule has 0 saturated heterocycles. The minimum atomic E-state index is -3.83. The molecule has 1 amide bonds. The van der Waals surface area contributed by atoms with Gasteiger partial charge in [-0.05, 0) is 42.8 Å². The number of fused-ring (bicyclic) bond motifs is 1. The van der Waals surface area contributed by atoms with Crippen molar-refractivity contribution in [3.63, 3.8) is 0 Å². The zero-order valence-corrected chi connectivity index (χ0v) is 17.0. The summed E-state index contributed by atoms with van der Waals surface area (Å²) in [5, 5.41) is 0.583. The first-order chi connectivity index (χ1) is 12.2. The number of carbonyl (C=O) groups is 1. The van der Waals surface area contributed by atoms with Gasteiger partial charge in [-0.3, -0.25) is 9.52 Å². The highest BCUT2D eigenvalue weighted by Gasteiger charge is 2.27. The fraction of sp³-hybridized carbons (Fsp3) is 0.278. The summed E-state index contributed by atoms with van der Waals surface area (Å²) >= 11 is 7.77. The maximum absolute atomic E-state index is 12.8. The Bertz CT molecular complexity index is 976. The Hall–Kier alpha value is -1.70. The normalized spacial score (nSPS) is 16.9. The third kappa shape index (κ3) is 3.84. The van der Waals surface area contributed by atoms with Crippen LogP contribution in [0.5, 0.6) is 0 Å². The molecule has 5 nitrogen and oxygen atoms in total. The molecule has 2 aromatic rings. The lowest BCUT2D eigenvalue weighted by molar-refractivity contribution is -0.116. The smallest absolute Gasteiger partial charge is 0.262 e. The van der Waals surface area contributed by atoms with E-state index in [-0.39, 0.29) is 16.1 Å². The van der Waals surface area contributed by atoms with Crippen molar-refractivity contribution in [2.75, 3.05) is 16.2 Å². The van der Waals surface area contributed by atoms with Gasteiger partial charge in [0.05, 0.1) is 21.3 Å². The fourth-order valence-corrected chi connectivity index (χ4v) is 5.32. The van der Waals surface area contributed by atoms with E-state index in [9.17, 15) is 13.2 Å². The number of thioether (sulfide) groups is 1. The molecule has 1 aliphatic rings. The van der Waals surface area contributed by atoms with Crippen LogP contribution in [0.25, 0.3) is 0 Å². The molecule has 2 aromatic carbocycles. The molecule has 1 aliphatic heterocycles. The second kappa shape index (κ2) is 7.13. The molecule has 1 heterocycles. The molecule has 0 radical (unpaired) electrons. The van der Waals surface area contributed by atoms with Crippen LogP contribution in [0, 0.1) is 6.92 Å². The van der Waals surface area contributed by atoms with E-state index in [1.807, 2.05) is 13.8 Å². The van der Waals surface area contributed by atoms with Crippen molar-refractivity contribution >= 4 is 50.7 Å². The largest absolute Gasteiger partial charge is 0.310 e. The quantitative estimate of drug-likeness (QED) is 0.819. The van der Waals surface area contributed by atoms with Crippen LogP contribution in [0.15, 0.2) is 46.2 Å². The number of sulfonamides is 1. The second-order valence-corrected chi connectivity index (χ2v) is 9.85. The molecule has 0 aromatic heterocycles. The minimum absolute atomic E-state index is 0.0919. The second-order valence-electron chi connectivity index (χ2n) is 6.28. The number of amides is 1. The fourth-order valence-electron chi connectivity index (χ4n) is 2.79. The monoisotopic (exact) mass is 410 g/mol. The van der Waals surface area contributed by atoms with Crippen molar-refractivity contribution in [3.8, 4) is 0 Å². The third-order valence-corrected chi connectivity index (χ3v) is 6.87. The molecular formula is C18H19ClN2O3S2. The predicted molar refractivity (Wildman–Crippen MR) is 107 cm³/mol. The summed E-state index contributed by atoms with van der Waals surface area (Å²) in [7, 11) is -3.83. The zero-order chi connectivity index (χ0) is 19.1. The van der Waals surface area contributed by atoms with Crippen LogP contribution < -0.4 is 9.62 Å². The molecule has 0 spiro atoms. The van der Waals surface area contributed by atoms with Crippen molar-refractivity contribution < 1.29 is 13.2 Å². The van der Waals surface area contributed by atoms with E-state index in [0.717, 1.165) is 10.5 Å². The van der Waals surface area contributed by atoms with Crippen molar-refractivity contribution in [1.29, 1.82) is 0 Å². The van der Waals surface area contributed by atoms with E-state index >= 15 is 0 Å². The number of nitrogens with one attached hydrogen (secondary N) is 1. The molecule has 0 bridgehead atoms. The highest BCUT2D eigenvalue weighted by molar-refractivity contribution is 8.00. The topological polar surface area (TPSA) is 66.5 Å². The van der Waals surface area contributed by atoms with E-state index in [0.29, 0.717) is 22.9 Å². The number of hydrogen-bond acceptors (Lipinski definition) is 4. The van der Waals surface area contributed by atoms with Gasteiger partial charge >= 0.3 is 0 Å². The SMILES string of the molecule is CC(=O)N1C[C@@H](C)Sc2ccc(S(=O)(=O)Nc3ccc(C)cc3Cl)cc21. The lowest BCUT2D eigenvalue weighted by Gasteiger charge is -2.32. The summed E-state index contributed by atoms with van der Waals surface area (Å²) in [5.74, 6) is -0.109. The first-order valence-electron chi connectivity index (χ1n) is 8.05. The summed E-state index contributed by atoms with van der Waals surface area (Å²) in [6.45, 7) is 5.95. The van der Waals surface area contributed by atoms with Gasteiger partial charge in [0.2, 0.25) is 5.91 Å². The molecule has 1 atom stereocenters. The Labute approximate surface area is 162 Å². The van der Waals surface area contributed by atoms with E-state index in [2.05, 4.69) is 4.72 Å². The van der Waals surface area contributed by atoms with Gasteiger partial charge in [-0.2, -0.15) is 0 Å². The number of aryl methyl sites for hydroxylation is 1. The molecule has 0 saturated carbocycles. The van der Waals surface area contributed by atoms with Gasteiger partial charge in [0.1, 0.15) is 0 Å². The molecule has 0 fully saturated rings. The van der Waals surface area contributed by atoms with E-state index in [1.165, 1.54) is 6.92 Å². The number of anilines is 2. The summed E-state index contributed by atoms with van der Waals surface area (Å²) < 4.78 is 28.1. The highest BCUT2D eigenvalue weighted by Crippen LogP contribution is 2.40. The Kier molecular flexibility index (Phi) is 5.23. The zero-order valence-electron chi connectivity index (χ0n) is 14.6. The Morgan fingerprint density at radius 1 is 1.27 bits per heavy atom. The van der Waals surface area contributed by atoms with Crippen LogP contribution in [-0.4, -0.2) is 26.1 Å². The maximum atomic E-state index is 12.8. The molecule has 0 aliphatic carbocycles. The summed E-state index contributed by atoms with van der Waals surface area (Å²) in [6, 6.07) is 9.95. The van der Waals surface area contributed by atoms with Crippen LogP contribution in [0.3, 0.4) is 0 Å². The van der Waals surface area contributed by atoms with E-state index in [4.69, 9.17) is 11.6 Å². The van der Waals surface area contributed by atoms with Gasteiger partial charge < -0.3 is 4.90 Å². The van der Waals surface area contributed by atoms with Gasteiger partial charge in [-0.15, -0.1) is 11.8 Å².